The van der Waals surface area contributed by atoms with Crippen LogP contribution < -0.4 is 25.6 Å². The van der Waals surface area contributed by atoms with Crippen LogP contribution in [0.25, 0.3) is 22.1 Å². The van der Waals surface area contributed by atoms with Crippen molar-refractivity contribution in [2.75, 3.05) is 14.2 Å². The lowest BCUT2D eigenvalue weighted by atomic mass is 9.82. The van der Waals surface area contributed by atoms with E-state index in [1.165, 1.54) is 0 Å². The van der Waals surface area contributed by atoms with Gasteiger partial charge in [0.05, 0.1) is 31.1 Å². The molecule has 0 saturated carbocycles. The summed E-state index contributed by atoms with van der Waals surface area (Å²) in [5.74, 6) is 0.805. The van der Waals surface area contributed by atoms with Crippen molar-refractivity contribution in [1.29, 1.82) is 5.26 Å². The number of nitrogens with zero attached hydrogens (tertiary/aromatic N) is 1. The van der Waals surface area contributed by atoms with Gasteiger partial charge in [0.1, 0.15) is 28.7 Å². The molecule has 1 aromatic heterocycles. The van der Waals surface area contributed by atoms with E-state index in [0.717, 1.165) is 16.7 Å². The first-order valence-electron chi connectivity index (χ1n) is 10.9. The molecule has 0 spiro atoms. The maximum absolute atomic E-state index is 13.2. The quantitative estimate of drug-likeness (QED) is 0.375. The minimum Gasteiger partial charge on any atom is -0.497 e. The van der Waals surface area contributed by atoms with Gasteiger partial charge in [-0.15, -0.1) is 0 Å². The lowest BCUT2D eigenvalue weighted by molar-refractivity contribution is 0.388. The molecule has 1 atom stereocenters. The van der Waals surface area contributed by atoms with Crippen LogP contribution in [0.1, 0.15) is 30.0 Å². The highest BCUT2D eigenvalue weighted by Gasteiger charge is 2.36. The first kappa shape index (κ1) is 24.4. The van der Waals surface area contributed by atoms with Crippen molar-refractivity contribution in [3.63, 3.8) is 0 Å². The number of fused-ring (bicyclic) bond motifs is 3. The highest BCUT2D eigenvalue weighted by atomic mass is 16.5. The molecule has 0 bridgehead atoms. The smallest absolute Gasteiger partial charge is 0.344 e. The summed E-state index contributed by atoms with van der Waals surface area (Å²) in [7, 11) is 3.19. The number of aryl methyl sites for hydroxylation is 1. The Kier molecular flexibility index (Phi) is 6.45. The largest absolute Gasteiger partial charge is 0.497 e. The van der Waals surface area contributed by atoms with Crippen molar-refractivity contribution in [3.8, 4) is 34.4 Å². The Morgan fingerprint density at radius 2 is 1.83 bits per heavy atom. The molecular formula is C29H26N2O5. The standard InChI is InChI=1S/C28H22N2O5.CH4/c1-15-7-9-23-20(11-15)26-25(28(31)34-23)24(21(14-29)27(30)35-26)17-8-10-22(33-3)19(13-17)16-5-4-6-18(12-16)32-2;/h4-13,24H,30H2,1-3H3;1H4. The molecule has 1 aliphatic rings. The average Bonchev–Trinajstić information content (AvgIpc) is 2.88. The number of hydrogen-bond donors (Lipinski definition) is 1. The van der Waals surface area contributed by atoms with E-state index in [9.17, 15) is 10.1 Å². The third-order valence-corrected chi connectivity index (χ3v) is 6.16. The second kappa shape index (κ2) is 9.51. The Morgan fingerprint density at radius 1 is 1.03 bits per heavy atom. The van der Waals surface area contributed by atoms with Crippen molar-refractivity contribution < 1.29 is 18.6 Å². The van der Waals surface area contributed by atoms with E-state index in [1.807, 2.05) is 55.5 Å². The number of hydrogen-bond acceptors (Lipinski definition) is 7. The Hall–Kier alpha value is -4.70. The van der Waals surface area contributed by atoms with Gasteiger partial charge in [-0.2, -0.15) is 5.26 Å². The summed E-state index contributed by atoms with van der Waals surface area (Å²) in [4.78, 5) is 13.2. The monoisotopic (exact) mass is 482 g/mol. The lowest BCUT2D eigenvalue weighted by Gasteiger charge is -2.26. The molecule has 0 amide bonds. The topological polar surface area (TPSA) is 108 Å². The molecule has 36 heavy (non-hydrogen) atoms. The molecule has 182 valence electrons. The van der Waals surface area contributed by atoms with Crippen molar-refractivity contribution in [2.24, 2.45) is 5.73 Å². The normalized spacial score (nSPS) is 14.3. The number of methoxy groups -OCH3 is 2. The number of rotatable bonds is 4. The van der Waals surface area contributed by atoms with Crippen LogP contribution in [-0.4, -0.2) is 14.2 Å². The summed E-state index contributed by atoms with van der Waals surface area (Å²) in [5.41, 5.74) is 9.65. The van der Waals surface area contributed by atoms with E-state index >= 15 is 0 Å². The fraction of sp³-hybridized carbons (Fsp3) is 0.172. The van der Waals surface area contributed by atoms with E-state index in [-0.39, 0.29) is 24.4 Å². The predicted octanol–water partition coefficient (Wildman–Crippen LogP) is 5.64. The summed E-state index contributed by atoms with van der Waals surface area (Å²) >= 11 is 0. The van der Waals surface area contributed by atoms with E-state index in [0.29, 0.717) is 33.8 Å². The zero-order valence-electron chi connectivity index (χ0n) is 19.4. The van der Waals surface area contributed by atoms with Crippen LogP contribution in [0.4, 0.5) is 0 Å². The zero-order valence-corrected chi connectivity index (χ0v) is 19.4. The van der Waals surface area contributed by atoms with Crippen molar-refractivity contribution >= 4 is 11.0 Å². The Labute approximate surface area is 208 Å². The second-order valence-electron chi connectivity index (χ2n) is 8.25. The minimum atomic E-state index is -0.778. The van der Waals surface area contributed by atoms with Gasteiger partial charge in [0.25, 0.3) is 0 Å². The van der Waals surface area contributed by atoms with Gasteiger partial charge in [-0.25, -0.2) is 4.79 Å². The Morgan fingerprint density at radius 3 is 2.56 bits per heavy atom. The molecule has 1 aliphatic heterocycles. The molecule has 7 heteroatoms. The SMILES string of the molecule is C.COc1cccc(-c2cc(C3C(C#N)=C(N)Oc4c3c(=O)oc3ccc(C)cc43)ccc2OC)c1. The molecule has 5 rings (SSSR count). The first-order valence-corrected chi connectivity index (χ1v) is 10.9. The predicted molar refractivity (Wildman–Crippen MR) is 138 cm³/mol. The van der Waals surface area contributed by atoms with E-state index in [1.54, 1.807) is 26.4 Å². The number of ether oxygens (including phenoxy) is 3. The van der Waals surface area contributed by atoms with Crippen molar-refractivity contribution in [3.05, 3.63) is 99.2 Å². The van der Waals surface area contributed by atoms with Crippen LogP contribution in [0, 0.1) is 18.3 Å². The van der Waals surface area contributed by atoms with Crippen LogP contribution in [0.15, 0.2) is 81.3 Å². The molecule has 1 unspecified atom stereocenters. The molecule has 0 fully saturated rings. The van der Waals surface area contributed by atoms with Crippen LogP contribution >= 0.6 is 0 Å². The first-order chi connectivity index (χ1) is 16.9. The van der Waals surface area contributed by atoms with Crippen LogP contribution in [-0.2, 0) is 0 Å². The van der Waals surface area contributed by atoms with Crippen LogP contribution in [0.2, 0.25) is 0 Å². The van der Waals surface area contributed by atoms with Gasteiger partial charge in [0, 0.05) is 5.56 Å². The number of allylic oxidation sites excluding steroid dienone is 1. The Balaban J connectivity index is 0.00000304. The van der Waals surface area contributed by atoms with Gasteiger partial charge in [0.15, 0.2) is 5.75 Å². The van der Waals surface area contributed by atoms with E-state index in [4.69, 9.17) is 24.4 Å². The molecule has 7 nitrogen and oxygen atoms in total. The van der Waals surface area contributed by atoms with Gasteiger partial charge in [-0.1, -0.05) is 37.3 Å². The number of nitriles is 1. The summed E-state index contributed by atoms with van der Waals surface area (Å²) in [6.07, 6.45) is 0. The average molecular weight is 483 g/mol. The molecule has 2 N–H and O–H groups in total. The molecule has 0 saturated heterocycles. The number of benzene rings is 3. The molecule has 2 heterocycles. The van der Waals surface area contributed by atoms with Crippen molar-refractivity contribution in [2.45, 2.75) is 20.3 Å². The van der Waals surface area contributed by atoms with Gasteiger partial charge in [-0.05, 0) is 54.4 Å². The summed E-state index contributed by atoms with van der Waals surface area (Å²) < 4.78 is 22.5. The van der Waals surface area contributed by atoms with Crippen molar-refractivity contribution in [1.82, 2.24) is 0 Å². The number of nitrogens with two attached hydrogens (primary N) is 1. The third-order valence-electron chi connectivity index (χ3n) is 6.16. The molecule has 0 aliphatic carbocycles. The summed E-state index contributed by atoms with van der Waals surface area (Å²) in [6, 6.07) is 20.6. The van der Waals surface area contributed by atoms with E-state index < -0.39 is 11.5 Å². The Bertz CT molecular complexity index is 1610. The summed E-state index contributed by atoms with van der Waals surface area (Å²) in [5, 5.41) is 10.6. The lowest BCUT2D eigenvalue weighted by Crippen LogP contribution is -2.26. The molecule has 4 aromatic rings. The van der Waals surface area contributed by atoms with Gasteiger partial charge >= 0.3 is 5.63 Å². The van der Waals surface area contributed by atoms with Gasteiger partial charge in [-0.3, -0.25) is 0 Å². The van der Waals surface area contributed by atoms with E-state index in [2.05, 4.69) is 6.07 Å². The van der Waals surface area contributed by atoms with Gasteiger partial charge < -0.3 is 24.4 Å². The van der Waals surface area contributed by atoms with Crippen LogP contribution in [0.5, 0.6) is 17.2 Å². The fourth-order valence-electron chi connectivity index (χ4n) is 4.49. The molecular weight excluding hydrogens is 456 g/mol. The highest BCUT2D eigenvalue weighted by Crippen LogP contribution is 2.45. The maximum atomic E-state index is 13.2. The summed E-state index contributed by atoms with van der Waals surface area (Å²) in [6.45, 7) is 1.93. The molecule has 0 radical (unpaired) electrons. The highest BCUT2D eigenvalue weighted by molar-refractivity contribution is 5.87. The minimum absolute atomic E-state index is 0. The maximum Gasteiger partial charge on any atom is 0.344 e. The zero-order chi connectivity index (χ0) is 24.7. The molecule has 3 aromatic carbocycles. The van der Waals surface area contributed by atoms with Gasteiger partial charge in [0.2, 0.25) is 5.88 Å². The fourth-order valence-corrected chi connectivity index (χ4v) is 4.49. The second-order valence-corrected chi connectivity index (χ2v) is 8.25. The van der Waals surface area contributed by atoms with Crippen LogP contribution in [0.3, 0.4) is 0 Å². The third kappa shape index (κ3) is 3.93.